The van der Waals surface area contributed by atoms with Crippen molar-refractivity contribution in [1.82, 2.24) is 14.9 Å². The number of aryl methyl sites for hydroxylation is 1. The van der Waals surface area contributed by atoms with Crippen molar-refractivity contribution >= 4 is 18.1 Å². The van der Waals surface area contributed by atoms with Crippen molar-refractivity contribution in [2.75, 3.05) is 0 Å². The molecule has 0 bridgehead atoms. The molecule has 0 unspecified atom stereocenters. The van der Waals surface area contributed by atoms with Crippen molar-refractivity contribution in [2.45, 2.75) is 38.3 Å². The molecule has 0 saturated heterocycles. The molecule has 0 aliphatic heterocycles. The monoisotopic (exact) mass is 253 g/mol. The molecule has 0 radical (unpaired) electrons. The lowest BCUT2D eigenvalue weighted by Gasteiger charge is -2.06. The van der Waals surface area contributed by atoms with Crippen molar-refractivity contribution in [2.24, 2.45) is 0 Å². The van der Waals surface area contributed by atoms with Crippen LogP contribution in [-0.2, 0) is 11.3 Å². The molecule has 1 aromatic rings. The Bertz CT molecular complexity index is 516. The van der Waals surface area contributed by atoms with E-state index in [1.165, 1.54) is 6.07 Å². The van der Waals surface area contributed by atoms with E-state index in [0.717, 1.165) is 19.3 Å². The van der Waals surface area contributed by atoms with Crippen LogP contribution in [0.4, 0.5) is 0 Å². The molecule has 1 amide bonds. The summed E-state index contributed by atoms with van der Waals surface area (Å²) in [4.78, 5) is 24.9. The Morgan fingerprint density at radius 2 is 2.35 bits per heavy atom. The van der Waals surface area contributed by atoms with Gasteiger partial charge in [0.15, 0.2) is 4.77 Å². The van der Waals surface area contributed by atoms with Crippen molar-refractivity contribution in [3.63, 3.8) is 0 Å². The molecule has 1 fully saturated rings. The first-order chi connectivity index (χ1) is 8.15. The Hall–Kier alpha value is -1.43. The zero-order chi connectivity index (χ0) is 12.3. The lowest BCUT2D eigenvalue weighted by Crippen LogP contribution is -2.25. The fraction of sp³-hybridized carbons (Fsp3) is 0.545. The summed E-state index contributed by atoms with van der Waals surface area (Å²) in [5.74, 6) is 0.100. The van der Waals surface area contributed by atoms with Crippen LogP contribution in [0.2, 0.25) is 0 Å². The molecule has 0 atom stereocenters. The van der Waals surface area contributed by atoms with E-state index in [4.69, 9.17) is 12.2 Å². The quantitative estimate of drug-likeness (QED) is 0.768. The third-order valence-electron chi connectivity index (χ3n) is 2.64. The van der Waals surface area contributed by atoms with Gasteiger partial charge in [-0.2, -0.15) is 0 Å². The first kappa shape index (κ1) is 12.0. The van der Waals surface area contributed by atoms with E-state index in [9.17, 15) is 9.59 Å². The summed E-state index contributed by atoms with van der Waals surface area (Å²) >= 11 is 5.01. The van der Waals surface area contributed by atoms with Gasteiger partial charge in [-0.1, -0.05) is 0 Å². The number of hydrogen-bond donors (Lipinski definition) is 2. The topological polar surface area (TPSA) is 66.9 Å². The molecule has 2 rings (SSSR count). The SMILES string of the molecule is O=C(CCCn1ccc(=O)[nH]c1=S)NC1CC1. The Morgan fingerprint density at radius 1 is 1.59 bits per heavy atom. The predicted octanol–water partition coefficient (Wildman–Crippen LogP) is 0.965. The van der Waals surface area contributed by atoms with Gasteiger partial charge in [-0.25, -0.2) is 0 Å². The second-order valence-electron chi connectivity index (χ2n) is 4.25. The Balaban J connectivity index is 1.79. The van der Waals surface area contributed by atoms with Gasteiger partial charge in [0.05, 0.1) is 0 Å². The van der Waals surface area contributed by atoms with Crippen LogP contribution in [0.25, 0.3) is 0 Å². The molecular formula is C11H15N3O2S. The fourth-order valence-electron chi connectivity index (χ4n) is 1.56. The second-order valence-corrected chi connectivity index (χ2v) is 4.64. The van der Waals surface area contributed by atoms with Crippen molar-refractivity contribution in [1.29, 1.82) is 0 Å². The molecule has 17 heavy (non-hydrogen) atoms. The molecule has 5 nitrogen and oxygen atoms in total. The van der Waals surface area contributed by atoms with Gasteiger partial charge in [0, 0.05) is 31.3 Å². The van der Waals surface area contributed by atoms with Gasteiger partial charge >= 0.3 is 0 Å². The smallest absolute Gasteiger partial charge is 0.251 e. The van der Waals surface area contributed by atoms with Crippen LogP contribution in [0.1, 0.15) is 25.7 Å². The van der Waals surface area contributed by atoms with E-state index in [2.05, 4.69) is 10.3 Å². The summed E-state index contributed by atoms with van der Waals surface area (Å²) < 4.78 is 2.17. The third-order valence-corrected chi connectivity index (χ3v) is 2.98. The van der Waals surface area contributed by atoms with Gasteiger partial charge < -0.3 is 9.88 Å². The average molecular weight is 253 g/mol. The first-order valence-corrected chi connectivity index (χ1v) is 6.15. The van der Waals surface area contributed by atoms with Crippen molar-refractivity contribution < 1.29 is 4.79 Å². The Kier molecular flexibility index (Phi) is 3.73. The summed E-state index contributed by atoms with van der Waals surface area (Å²) in [5, 5.41) is 2.93. The highest BCUT2D eigenvalue weighted by Gasteiger charge is 2.22. The number of nitrogens with zero attached hydrogens (tertiary/aromatic N) is 1. The normalized spacial score (nSPS) is 14.6. The molecule has 0 spiro atoms. The molecule has 1 aliphatic rings. The summed E-state index contributed by atoms with van der Waals surface area (Å²) in [6.07, 6.45) is 5.09. The Labute approximate surface area is 104 Å². The highest BCUT2D eigenvalue weighted by atomic mass is 32.1. The van der Waals surface area contributed by atoms with Crippen LogP contribution in [0.5, 0.6) is 0 Å². The summed E-state index contributed by atoms with van der Waals surface area (Å²) in [7, 11) is 0. The number of aromatic amines is 1. The number of H-pyrrole nitrogens is 1. The molecule has 6 heteroatoms. The van der Waals surface area contributed by atoms with Crippen LogP contribution >= 0.6 is 12.2 Å². The lowest BCUT2D eigenvalue weighted by atomic mass is 10.3. The number of amides is 1. The molecular weight excluding hydrogens is 238 g/mol. The van der Waals surface area contributed by atoms with E-state index >= 15 is 0 Å². The van der Waals surface area contributed by atoms with Gasteiger partial charge in [-0.15, -0.1) is 0 Å². The maximum Gasteiger partial charge on any atom is 0.251 e. The molecule has 0 aromatic carbocycles. The van der Waals surface area contributed by atoms with E-state index in [0.29, 0.717) is 23.8 Å². The average Bonchev–Trinajstić information content (AvgIpc) is 3.05. The van der Waals surface area contributed by atoms with Crippen molar-refractivity contribution in [3.8, 4) is 0 Å². The van der Waals surface area contributed by atoms with Gasteiger partial charge in [0.1, 0.15) is 0 Å². The fourth-order valence-corrected chi connectivity index (χ4v) is 1.81. The zero-order valence-electron chi connectivity index (χ0n) is 9.44. The van der Waals surface area contributed by atoms with Crippen LogP contribution < -0.4 is 10.9 Å². The molecule has 1 heterocycles. The number of aromatic nitrogens is 2. The van der Waals surface area contributed by atoms with Gasteiger partial charge in [0.2, 0.25) is 5.91 Å². The summed E-state index contributed by atoms with van der Waals surface area (Å²) in [5.41, 5.74) is -0.197. The maximum atomic E-state index is 11.4. The van der Waals surface area contributed by atoms with Crippen LogP contribution in [0.3, 0.4) is 0 Å². The highest BCUT2D eigenvalue weighted by Crippen LogP contribution is 2.18. The predicted molar refractivity (Wildman–Crippen MR) is 66.3 cm³/mol. The maximum absolute atomic E-state index is 11.4. The minimum Gasteiger partial charge on any atom is -0.353 e. The molecule has 1 aliphatic carbocycles. The number of carbonyl (C=O) groups is 1. The first-order valence-electron chi connectivity index (χ1n) is 5.74. The van der Waals surface area contributed by atoms with E-state index in [-0.39, 0.29) is 11.5 Å². The highest BCUT2D eigenvalue weighted by molar-refractivity contribution is 7.71. The molecule has 1 aromatic heterocycles. The number of nitrogens with one attached hydrogen (secondary N) is 2. The third kappa shape index (κ3) is 3.81. The Morgan fingerprint density at radius 3 is 3.00 bits per heavy atom. The standard InChI is InChI=1S/C11H15N3O2S/c15-9(12-8-3-4-8)2-1-6-14-7-5-10(16)13-11(14)17/h5,7-8H,1-4,6H2,(H,12,15)(H,13,16,17). The minimum atomic E-state index is -0.197. The lowest BCUT2D eigenvalue weighted by molar-refractivity contribution is -0.121. The number of rotatable bonds is 5. The van der Waals surface area contributed by atoms with Crippen LogP contribution in [0.15, 0.2) is 17.1 Å². The summed E-state index contributed by atoms with van der Waals surface area (Å²) in [6, 6.07) is 1.85. The molecule has 1 saturated carbocycles. The van der Waals surface area contributed by atoms with E-state index < -0.39 is 0 Å². The molecule has 2 N–H and O–H groups in total. The largest absolute Gasteiger partial charge is 0.353 e. The summed E-state index contributed by atoms with van der Waals surface area (Å²) in [6.45, 7) is 0.647. The molecule has 92 valence electrons. The van der Waals surface area contributed by atoms with Gasteiger partial charge in [0.25, 0.3) is 5.56 Å². The zero-order valence-corrected chi connectivity index (χ0v) is 10.3. The number of hydrogen-bond acceptors (Lipinski definition) is 3. The van der Waals surface area contributed by atoms with Gasteiger partial charge in [-0.05, 0) is 31.5 Å². The van der Waals surface area contributed by atoms with E-state index in [1.807, 2.05) is 0 Å². The van der Waals surface area contributed by atoms with E-state index in [1.54, 1.807) is 10.8 Å². The minimum absolute atomic E-state index is 0.100. The van der Waals surface area contributed by atoms with Crippen LogP contribution in [-0.4, -0.2) is 21.5 Å². The van der Waals surface area contributed by atoms with Gasteiger partial charge in [-0.3, -0.25) is 14.6 Å². The van der Waals surface area contributed by atoms with Crippen molar-refractivity contribution in [3.05, 3.63) is 27.4 Å². The van der Waals surface area contributed by atoms with Crippen LogP contribution in [0, 0.1) is 4.77 Å². The number of carbonyl (C=O) groups excluding carboxylic acids is 1. The second kappa shape index (κ2) is 5.27.